The van der Waals surface area contributed by atoms with E-state index in [1.165, 1.54) is 5.39 Å². The number of fused-ring (bicyclic) bond motifs is 1. The lowest BCUT2D eigenvalue weighted by atomic mass is 10.2. The van der Waals surface area contributed by atoms with Crippen LogP contribution in [0.2, 0.25) is 0 Å². The first-order valence-electron chi connectivity index (χ1n) is 9.14. The molecule has 0 radical (unpaired) electrons. The molecule has 2 heterocycles. The third-order valence-corrected chi connectivity index (χ3v) is 5.50. The van der Waals surface area contributed by atoms with Gasteiger partial charge in [0, 0.05) is 50.3 Å². The molecule has 0 unspecified atom stereocenters. The molecule has 2 N–H and O–H groups in total. The molecule has 136 valence electrons. The largest absolute Gasteiger partial charge is 0.384 e. The molecule has 1 aliphatic heterocycles. The van der Waals surface area contributed by atoms with Crippen LogP contribution >= 0.6 is 11.8 Å². The molecule has 3 aromatic rings. The number of thioether (sulfide) groups is 1. The molecule has 0 bridgehead atoms. The quantitative estimate of drug-likeness (QED) is 0.656. The molecule has 1 fully saturated rings. The fraction of sp³-hybridized carbons (Fsp3) is 0.350. The molecule has 1 aromatic heterocycles. The number of para-hydroxylation sites is 1. The van der Waals surface area contributed by atoms with Crippen molar-refractivity contribution < 1.29 is 0 Å². The summed E-state index contributed by atoms with van der Waals surface area (Å²) in [6, 6.07) is 16.9. The second-order valence-corrected chi connectivity index (χ2v) is 7.30. The molecule has 0 aliphatic carbocycles. The van der Waals surface area contributed by atoms with Crippen LogP contribution in [0, 0.1) is 0 Å². The number of hydrogen-bond donors (Lipinski definition) is 2. The van der Waals surface area contributed by atoms with Crippen LogP contribution in [0.4, 0.5) is 5.69 Å². The Hall–Kier alpha value is -2.02. The van der Waals surface area contributed by atoms with Crippen LogP contribution in [0.15, 0.2) is 53.6 Å². The second kappa shape index (κ2) is 8.12. The summed E-state index contributed by atoms with van der Waals surface area (Å²) in [6.07, 6.45) is 2.08. The fourth-order valence-corrected chi connectivity index (χ4v) is 3.96. The third-order valence-electron chi connectivity index (χ3n) is 4.81. The SMILES string of the molecule is CSc1nn(-c2ccccc2)c2cc(NCCN3CCNCC3)ccc12. The number of anilines is 1. The van der Waals surface area contributed by atoms with Gasteiger partial charge in [-0.25, -0.2) is 4.68 Å². The van der Waals surface area contributed by atoms with Crippen molar-refractivity contribution in [2.45, 2.75) is 5.03 Å². The van der Waals surface area contributed by atoms with E-state index in [0.717, 1.165) is 61.2 Å². The number of aromatic nitrogens is 2. The highest BCUT2D eigenvalue weighted by Gasteiger charge is 2.12. The van der Waals surface area contributed by atoms with E-state index in [1.807, 2.05) is 10.7 Å². The summed E-state index contributed by atoms with van der Waals surface area (Å²) in [4.78, 5) is 2.50. The molecule has 0 saturated carbocycles. The lowest BCUT2D eigenvalue weighted by Crippen LogP contribution is -2.45. The first-order chi connectivity index (χ1) is 12.8. The summed E-state index contributed by atoms with van der Waals surface area (Å²) < 4.78 is 2.04. The molecule has 4 rings (SSSR count). The van der Waals surface area contributed by atoms with Gasteiger partial charge < -0.3 is 10.6 Å². The standard InChI is InChI=1S/C20H25N5S/c1-26-20-18-8-7-16(22-11-14-24-12-9-21-10-13-24)15-19(18)25(23-20)17-5-3-2-4-6-17/h2-8,15,21-22H,9-14H2,1H3. The molecule has 1 saturated heterocycles. The van der Waals surface area contributed by atoms with E-state index in [9.17, 15) is 0 Å². The normalized spacial score (nSPS) is 15.4. The lowest BCUT2D eigenvalue weighted by molar-refractivity contribution is 0.249. The summed E-state index contributed by atoms with van der Waals surface area (Å²) in [5, 5.41) is 14.1. The van der Waals surface area contributed by atoms with Crippen molar-refractivity contribution in [3.63, 3.8) is 0 Å². The highest BCUT2D eigenvalue weighted by molar-refractivity contribution is 7.98. The number of rotatable bonds is 6. The number of nitrogens with one attached hydrogen (secondary N) is 2. The van der Waals surface area contributed by atoms with Gasteiger partial charge in [0.1, 0.15) is 5.03 Å². The molecular weight excluding hydrogens is 342 g/mol. The van der Waals surface area contributed by atoms with E-state index in [2.05, 4.69) is 64.3 Å². The van der Waals surface area contributed by atoms with E-state index >= 15 is 0 Å². The van der Waals surface area contributed by atoms with Gasteiger partial charge in [-0.2, -0.15) is 5.10 Å². The van der Waals surface area contributed by atoms with Crippen molar-refractivity contribution >= 4 is 28.4 Å². The van der Waals surface area contributed by atoms with E-state index < -0.39 is 0 Å². The van der Waals surface area contributed by atoms with E-state index in [4.69, 9.17) is 5.10 Å². The van der Waals surface area contributed by atoms with Crippen molar-refractivity contribution in [3.05, 3.63) is 48.5 Å². The van der Waals surface area contributed by atoms with Gasteiger partial charge in [-0.15, -0.1) is 11.8 Å². The predicted molar refractivity (Wildman–Crippen MR) is 111 cm³/mol. The molecule has 0 amide bonds. The van der Waals surface area contributed by atoms with Crippen molar-refractivity contribution in [3.8, 4) is 5.69 Å². The molecule has 26 heavy (non-hydrogen) atoms. The molecule has 0 spiro atoms. The summed E-state index contributed by atoms with van der Waals surface area (Å²) in [7, 11) is 0. The third kappa shape index (κ3) is 3.72. The van der Waals surface area contributed by atoms with Crippen molar-refractivity contribution in [2.24, 2.45) is 0 Å². The first kappa shape index (κ1) is 17.4. The van der Waals surface area contributed by atoms with Gasteiger partial charge in [0.05, 0.1) is 11.2 Å². The lowest BCUT2D eigenvalue weighted by Gasteiger charge is -2.27. The zero-order valence-electron chi connectivity index (χ0n) is 15.1. The van der Waals surface area contributed by atoms with Gasteiger partial charge >= 0.3 is 0 Å². The Kier molecular flexibility index (Phi) is 5.43. The fourth-order valence-electron chi connectivity index (χ4n) is 3.41. The van der Waals surface area contributed by atoms with Crippen LogP contribution in [0.3, 0.4) is 0 Å². The molecule has 6 heteroatoms. The van der Waals surface area contributed by atoms with Gasteiger partial charge in [-0.1, -0.05) is 18.2 Å². The number of nitrogens with zero attached hydrogens (tertiary/aromatic N) is 3. The maximum Gasteiger partial charge on any atom is 0.126 e. The maximum atomic E-state index is 4.81. The summed E-state index contributed by atoms with van der Waals surface area (Å²) in [6.45, 7) is 6.50. The van der Waals surface area contributed by atoms with Crippen molar-refractivity contribution in [1.82, 2.24) is 20.0 Å². The zero-order chi connectivity index (χ0) is 17.8. The zero-order valence-corrected chi connectivity index (χ0v) is 15.9. The smallest absolute Gasteiger partial charge is 0.126 e. The molecular formula is C20H25N5S. The predicted octanol–water partition coefficient (Wildman–Crippen LogP) is 3.06. The number of piperazine rings is 1. The Balaban J connectivity index is 1.55. The Morgan fingerprint density at radius 2 is 1.92 bits per heavy atom. The van der Waals surface area contributed by atoms with E-state index in [1.54, 1.807) is 11.8 Å². The van der Waals surface area contributed by atoms with Crippen LogP contribution in [0.25, 0.3) is 16.6 Å². The highest BCUT2D eigenvalue weighted by Crippen LogP contribution is 2.29. The second-order valence-electron chi connectivity index (χ2n) is 6.51. The van der Waals surface area contributed by atoms with Crippen molar-refractivity contribution in [2.75, 3.05) is 50.8 Å². The molecule has 1 aliphatic rings. The van der Waals surface area contributed by atoms with Crippen LogP contribution in [0.5, 0.6) is 0 Å². The van der Waals surface area contributed by atoms with Crippen molar-refractivity contribution in [1.29, 1.82) is 0 Å². The summed E-state index contributed by atoms with van der Waals surface area (Å²) in [5.74, 6) is 0. The monoisotopic (exact) mass is 367 g/mol. The molecule has 0 atom stereocenters. The van der Waals surface area contributed by atoms with Crippen LogP contribution < -0.4 is 10.6 Å². The van der Waals surface area contributed by atoms with Gasteiger partial charge in [0.2, 0.25) is 0 Å². The average molecular weight is 368 g/mol. The summed E-state index contributed by atoms with van der Waals surface area (Å²) in [5.41, 5.74) is 3.39. The van der Waals surface area contributed by atoms with E-state index in [0.29, 0.717) is 0 Å². The minimum absolute atomic E-state index is 0.959. The minimum atomic E-state index is 0.959. The van der Waals surface area contributed by atoms with Gasteiger partial charge in [-0.05, 0) is 36.6 Å². The minimum Gasteiger partial charge on any atom is -0.384 e. The Labute approximate surface area is 158 Å². The highest BCUT2D eigenvalue weighted by atomic mass is 32.2. The van der Waals surface area contributed by atoms with Gasteiger partial charge in [-0.3, -0.25) is 4.90 Å². The van der Waals surface area contributed by atoms with E-state index in [-0.39, 0.29) is 0 Å². The molecule has 2 aromatic carbocycles. The molecule has 5 nitrogen and oxygen atoms in total. The van der Waals surface area contributed by atoms with Gasteiger partial charge in [0.25, 0.3) is 0 Å². The first-order valence-corrected chi connectivity index (χ1v) is 10.4. The summed E-state index contributed by atoms with van der Waals surface area (Å²) >= 11 is 1.69. The van der Waals surface area contributed by atoms with Crippen LogP contribution in [-0.4, -0.2) is 60.2 Å². The Morgan fingerprint density at radius 1 is 1.12 bits per heavy atom. The topological polar surface area (TPSA) is 45.1 Å². The average Bonchev–Trinajstić information content (AvgIpc) is 3.07. The van der Waals surface area contributed by atoms with Crippen LogP contribution in [-0.2, 0) is 0 Å². The Bertz CT molecular complexity index is 855. The Morgan fingerprint density at radius 3 is 2.69 bits per heavy atom. The van der Waals surface area contributed by atoms with Gasteiger partial charge in [0.15, 0.2) is 0 Å². The number of benzene rings is 2. The maximum absolute atomic E-state index is 4.81. The number of hydrogen-bond acceptors (Lipinski definition) is 5. The van der Waals surface area contributed by atoms with Crippen LogP contribution in [0.1, 0.15) is 0 Å².